The van der Waals surface area contributed by atoms with Gasteiger partial charge in [0.1, 0.15) is 5.75 Å². The number of halogens is 1. The van der Waals surface area contributed by atoms with E-state index in [0.29, 0.717) is 37.0 Å². The number of para-hydroxylation sites is 1. The molecule has 1 aliphatic rings. The summed E-state index contributed by atoms with van der Waals surface area (Å²) in [6.07, 6.45) is 2.33. The molecular weight excluding hydrogens is 316 g/mol. The molecule has 0 aromatic heterocycles. The molecule has 128 valence electrons. The van der Waals surface area contributed by atoms with Gasteiger partial charge in [-0.15, -0.1) is 0 Å². The van der Waals surface area contributed by atoms with Gasteiger partial charge in [-0.25, -0.2) is 0 Å². The molecule has 0 radical (unpaired) electrons. The molecule has 1 aromatic rings. The van der Waals surface area contributed by atoms with Gasteiger partial charge in [-0.05, 0) is 38.1 Å². The lowest BCUT2D eigenvalue weighted by molar-refractivity contribution is -0.122. The molecule has 1 fully saturated rings. The van der Waals surface area contributed by atoms with Crippen LogP contribution in [0.3, 0.4) is 0 Å². The zero-order valence-corrected chi connectivity index (χ0v) is 14.3. The van der Waals surface area contributed by atoms with Crippen molar-refractivity contribution in [1.29, 1.82) is 0 Å². The first-order chi connectivity index (χ1) is 11.2. The third-order valence-electron chi connectivity index (χ3n) is 4.20. The number of methoxy groups -OCH3 is 1. The summed E-state index contributed by atoms with van der Waals surface area (Å²) < 4.78 is 10.9. The van der Waals surface area contributed by atoms with Gasteiger partial charge >= 0.3 is 0 Å². The van der Waals surface area contributed by atoms with E-state index in [4.69, 9.17) is 21.1 Å². The van der Waals surface area contributed by atoms with Crippen molar-refractivity contribution >= 4 is 17.5 Å². The standard InChI is InChI=1S/C17H25ClN2O3/c1-22-13-17(7-9-19-10-8-17)12-20-16(21)6-11-23-15-5-3-2-4-14(15)18/h2-5,19H,6-13H2,1H3,(H,20,21). The maximum absolute atomic E-state index is 12.0. The predicted octanol–water partition coefficient (Wildman–Crippen LogP) is 2.24. The lowest BCUT2D eigenvalue weighted by Crippen LogP contribution is -2.47. The van der Waals surface area contributed by atoms with E-state index >= 15 is 0 Å². The van der Waals surface area contributed by atoms with Crippen molar-refractivity contribution in [3.8, 4) is 5.75 Å². The summed E-state index contributed by atoms with van der Waals surface area (Å²) in [5.41, 5.74) is 0.0409. The smallest absolute Gasteiger partial charge is 0.223 e. The number of carbonyl (C=O) groups excluding carboxylic acids is 1. The molecule has 1 heterocycles. The fourth-order valence-corrected chi connectivity index (χ4v) is 3.02. The second kappa shape index (κ2) is 9.11. The van der Waals surface area contributed by atoms with Gasteiger partial charge in [0.25, 0.3) is 0 Å². The Balaban J connectivity index is 1.72. The number of ether oxygens (including phenoxy) is 2. The topological polar surface area (TPSA) is 59.6 Å². The van der Waals surface area contributed by atoms with Crippen LogP contribution in [0, 0.1) is 5.41 Å². The second-order valence-electron chi connectivity index (χ2n) is 5.99. The predicted molar refractivity (Wildman–Crippen MR) is 91.0 cm³/mol. The van der Waals surface area contributed by atoms with Gasteiger partial charge in [0, 0.05) is 19.1 Å². The number of amides is 1. The molecule has 1 amide bonds. The summed E-state index contributed by atoms with van der Waals surface area (Å²) in [5.74, 6) is 0.599. The average Bonchev–Trinajstić information content (AvgIpc) is 2.56. The quantitative estimate of drug-likeness (QED) is 0.762. The van der Waals surface area contributed by atoms with Crippen molar-refractivity contribution < 1.29 is 14.3 Å². The van der Waals surface area contributed by atoms with Crippen molar-refractivity contribution in [1.82, 2.24) is 10.6 Å². The van der Waals surface area contributed by atoms with E-state index in [2.05, 4.69) is 10.6 Å². The van der Waals surface area contributed by atoms with Crippen molar-refractivity contribution in [2.24, 2.45) is 5.41 Å². The van der Waals surface area contributed by atoms with Crippen molar-refractivity contribution in [2.75, 3.05) is 40.0 Å². The van der Waals surface area contributed by atoms with Crippen LogP contribution in [0.4, 0.5) is 0 Å². The molecule has 6 heteroatoms. The molecular formula is C17H25ClN2O3. The number of piperidine rings is 1. The number of hydrogen-bond donors (Lipinski definition) is 2. The molecule has 0 aliphatic carbocycles. The Hall–Kier alpha value is -1.30. The minimum Gasteiger partial charge on any atom is -0.491 e. The molecule has 1 aliphatic heterocycles. The summed E-state index contributed by atoms with van der Waals surface area (Å²) in [6, 6.07) is 7.26. The second-order valence-corrected chi connectivity index (χ2v) is 6.40. The van der Waals surface area contributed by atoms with E-state index in [0.717, 1.165) is 25.9 Å². The molecule has 5 nitrogen and oxygen atoms in total. The number of benzene rings is 1. The maximum Gasteiger partial charge on any atom is 0.223 e. The SMILES string of the molecule is COCC1(CNC(=O)CCOc2ccccc2Cl)CCNCC1. The van der Waals surface area contributed by atoms with E-state index < -0.39 is 0 Å². The van der Waals surface area contributed by atoms with Gasteiger partial charge in [0.15, 0.2) is 0 Å². The van der Waals surface area contributed by atoms with Crippen LogP contribution >= 0.6 is 11.6 Å². The first-order valence-corrected chi connectivity index (χ1v) is 8.37. The third-order valence-corrected chi connectivity index (χ3v) is 4.51. The Morgan fingerprint density at radius 3 is 2.78 bits per heavy atom. The van der Waals surface area contributed by atoms with Crippen molar-refractivity contribution in [3.05, 3.63) is 29.3 Å². The molecule has 1 aromatic carbocycles. The normalized spacial score (nSPS) is 16.8. The van der Waals surface area contributed by atoms with E-state index in [9.17, 15) is 4.79 Å². The van der Waals surface area contributed by atoms with E-state index in [-0.39, 0.29) is 11.3 Å². The lowest BCUT2D eigenvalue weighted by atomic mass is 9.79. The Labute approximate surface area is 142 Å². The van der Waals surface area contributed by atoms with Crippen LogP contribution in [-0.4, -0.2) is 45.9 Å². The molecule has 0 atom stereocenters. The van der Waals surface area contributed by atoms with Crippen molar-refractivity contribution in [3.63, 3.8) is 0 Å². The molecule has 1 saturated heterocycles. The zero-order chi connectivity index (χ0) is 16.5. The van der Waals surface area contributed by atoms with Gasteiger partial charge in [0.2, 0.25) is 5.91 Å². The maximum atomic E-state index is 12.0. The van der Waals surface area contributed by atoms with E-state index in [1.165, 1.54) is 0 Å². The van der Waals surface area contributed by atoms with E-state index in [1.54, 1.807) is 19.2 Å². The molecule has 2 rings (SSSR count). The van der Waals surface area contributed by atoms with E-state index in [1.807, 2.05) is 12.1 Å². The number of rotatable bonds is 8. The van der Waals surface area contributed by atoms with Crippen LogP contribution in [0.2, 0.25) is 5.02 Å². The number of hydrogen-bond acceptors (Lipinski definition) is 4. The Morgan fingerprint density at radius 2 is 2.09 bits per heavy atom. The molecule has 0 bridgehead atoms. The van der Waals surface area contributed by atoms with Crippen LogP contribution in [0.1, 0.15) is 19.3 Å². The van der Waals surface area contributed by atoms with Crippen molar-refractivity contribution in [2.45, 2.75) is 19.3 Å². The highest BCUT2D eigenvalue weighted by Gasteiger charge is 2.32. The summed E-state index contributed by atoms with van der Waals surface area (Å²) in [5, 5.41) is 6.92. The Morgan fingerprint density at radius 1 is 1.35 bits per heavy atom. The Bertz CT molecular complexity index is 499. The summed E-state index contributed by atoms with van der Waals surface area (Å²) in [6.45, 7) is 3.57. The summed E-state index contributed by atoms with van der Waals surface area (Å²) in [4.78, 5) is 12.0. The Kier molecular flexibility index (Phi) is 7.15. The van der Waals surface area contributed by atoms with Gasteiger partial charge in [0.05, 0.1) is 24.7 Å². The van der Waals surface area contributed by atoms with Gasteiger partial charge in [-0.1, -0.05) is 23.7 Å². The molecule has 0 unspecified atom stereocenters. The van der Waals surface area contributed by atoms with Crippen LogP contribution < -0.4 is 15.4 Å². The van der Waals surface area contributed by atoms with Crippen LogP contribution in [-0.2, 0) is 9.53 Å². The minimum absolute atomic E-state index is 0.00827. The molecule has 0 saturated carbocycles. The highest BCUT2D eigenvalue weighted by molar-refractivity contribution is 6.32. The highest BCUT2D eigenvalue weighted by Crippen LogP contribution is 2.28. The average molecular weight is 341 g/mol. The van der Waals surface area contributed by atoms with Gasteiger partial charge < -0.3 is 20.1 Å². The fourth-order valence-electron chi connectivity index (χ4n) is 2.83. The molecule has 2 N–H and O–H groups in total. The highest BCUT2D eigenvalue weighted by atomic mass is 35.5. The van der Waals surface area contributed by atoms with Gasteiger partial charge in [-0.3, -0.25) is 4.79 Å². The van der Waals surface area contributed by atoms with Gasteiger partial charge in [-0.2, -0.15) is 0 Å². The third kappa shape index (κ3) is 5.68. The summed E-state index contributed by atoms with van der Waals surface area (Å²) in [7, 11) is 1.71. The first kappa shape index (κ1) is 18.0. The fraction of sp³-hybridized carbons (Fsp3) is 0.588. The minimum atomic E-state index is -0.00827. The number of carbonyl (C=O) groups is 1. The van der Waals surface area contributed by atoms with Crippen LogP contribution in [0.25, 0.3) is 0 Å². The molecule has 23 heavy (non-hydrogen) atoms. The van der Waals surface area contributed by atoms with Crippen LogP contribution in [0.15, 0.2) is 24.3 Å². The summed E-state index contributed by atoms with van der Waals surface area (Å²) >= 11 is 6.01. The first-order valence-electron chi connectivity index (χ1n) is 7.99. The number of nitrogens with one attached hydrogen (secondary N) is 2. The largest absolute Gasteiger partial charge is 0.491 e. The lowest BCUT2D eigenvalue weighted by Gasteiger charge is -2.37. The molecule has 0 spiro atoms. The van der Waals surface area contributed by atoms with Crippen LogP contribution in [0.5, 0.6) is 5.75 Å². The zero-order valence-electron chi connectivity index (χ0n) is 13.6. The monoisotopic (exact) mass is 340 g/mol.